The van der Waals surface area contributed by atoms with Crippen molar-refractivity contribution in [3.8, 4) is 0 Å². The number of aliphatic hydroxyl groups is 4. The monoisotopic (exact) mass is 1800 g/mol. The van der Waals surface area contributed by atoms with E-state index >= 15 is 0 Å². The van der Waals surface area contributed by atoms with Gasteiger partial charge in [0.15, 0.2) is 5.78 Å². The number of aliphatic carboxylic acids is 1. The van der Waals surface area contributed by atoms with Crippen LogP contribution >= 0.6 is 0 Å². The summed E-state index contributed by atoms with van der Waals surface area (Å²) >= 11 is 0. The summed E-state index contributed by atoms with van der Waals surface area (Å²) in [6, 6.07) is 0. The first-order valence-electron chi connectivity index (χ1n) is 51.8. The van der Waals surface area contributed by atoms with Crippen LogP contribution in [0, 0.1) is 0 Å². The Morgan fingerprint density at radius 1 is 0.262 bits per heavy atom. The maximum atomic E-state index is 12.2. The van der Waals surface area contributed by atoms with Crippen LogP contribution in [0.2, 0.25) is 0 Å². The maximum absolute atomic E-state index is 12.2. The van der Waals surface area contributed by atoms with Gasteiger partial charge < -0.3 is 31.8 Å². The molecule has 7 N–H and O–H groups in total. The van der Waals surface area contributed by atoms with E-state index in [0.29, 0.717) is 25.0 Å². The van der Waals surface area contributed by atoms with Gasteiger partial charge in [0, 0.05) is 34.3 Å². The van der Waals surface area contributed by atoms with Crippen LogP contribution in [-0.4, -0.2) is 93.9 Å². The summed E-state index contributed by atoms with van der Waals surface area (Å²) in [6.45, 7) is 17.1. The van der Waals surface area contributed by atoms with E-state index in [9.17, 15) is 29.7 Å². The summed E-state index contributed by atoms with van der Waals surface area (Å²) in [5.74, 6) is -0.286. The Balaban J connectivity index is -0.000000208. The predicted octanol–water partition coefficient (Wildman–Crippen LogP) is 31.2. The molecule has 12 nitrogen and oxygen atoms in total. The summed E-state index contributed by atoms with van der Waals surface area (Å²) < 4.78 is 31.6. The van der Waals surface area contributed by atoms with Crippen molar-refractivity contribution < 1.29 is 88.4 Å². The van der Waals surface area contributed by atoms with E-state index in [1.165, 1.54) is 302 Å². The number of hydrogen-bond acceptors (Lipinski definition) is 9. The van der Waals surface area contributed by atoms with Crippen molar-refractivity contribution in [2.24, 2.45) is 0 Å². The molecule has 126 heavy (non-hydrogen) atoms. The molecule has 0 aliphatic heterocycles. The van der Waals surface area contributed by atoms with Gasteiger partial charge in [0.05, 0.1) is 12.2 Å². The van der Waals surface area contributed by atoms with E-state index in [4.69, 9.17) is 27.7 Å². The molecule has 731 valence electrons. The van der Waals surface area contributed by atoms with Crippen LogP contribution in [0.3, 0.4) is 0 Å². The first-order chi connectivity index (χ1) is 60.4. The van der Waals surface area contributed by atoms with E-state index in [1.807, 2.05) is 0 Å². The summed E-state index contributed by atoms with van der Waals surface area (Å²) in [6.07, 6.45) is 137. The number of allylic oxidation sites excluding steroid dienone is 24. The van der Waals surface area contributed by atoms with Gasteiger partial charge in [0.1, 0.15) is 11.9 Å². The second-order valence-electron chi connectivity index (χ2n) is 34.0. The third-order valence-corrected chi connectivity index (χ3v) is 21.3. The predicted molar refractivity (Wildman–Crippen MR) is 551 cm³/mol. The molecule has 0 saturated heterocycles. The summed E-state index contributed by atoms with van der Waals surface area (Å²) in [4.78, 5) is 33.3. The van der Waals surface area contributed by atoms with Crippen molar-refractivity contribution in [3.05, 3.63) is 146 Å². The average molecular weight is 1800 g/mol. The van der Waals surface area contributed by atoms with E-state index in [-0.39, 0.29) is 51.8 Å². The quantitative estimate of drug-likeness (QED) is 0.0131. The van der Waals surface area contributed by atoms with Crippen molar-refractivity contribution >= 4 is 36.3 Å². The van der Waals surface area contributed by atoms with Crippen LogP contribution in [0.15, 0.2) is 146 Å². The molecule has 0 aromatic carbocycles. The number of carbonyl (C=O) groups excluding carboxylic acids is 2. The minimum Gasteiger partial charge on any atom is -1.00 e. The van der Waals surface area contributed by atoms with Crippen molar-refractivity contribution in [2.75, 3.05) is 6.61 Å². The van der Waals surface area contributed by atoms with Crippen LogP contribution in [0.1, 0.15) is 519 Å². The maximum Gasteiger partial charge on any atom is 1.00 e. The molecule has 0 bridgehead atoms. The van der Waals surface area contributed by atoms with Crippen LogP contribution in [-0.2, 0) is 24.8 Å². The second kappa shape index (κ2) is 128. The Bertz CT molecular complexity index is 2500. The summed E-state index contributed by atoms with van der Waals surface area (Å²) in [7, 11) is -4.67. The van der Waals surface area contributed by atoms with Gasteiger partial charge >= 0.3 is 45.9 Å². The molecule has 0 heterocycles. The molecule has 0 spiro atoms. The van der Waals surface area contributed by atoms with Crippen LogP contribution in [0.25, 0.3) is 0 Å². The van der Waals surface area contributed by atoms with Gasteiger partial charge in [0.2, 0.25) is 0 Å². The third-order valence-electron chi connectivity index (χ3n) is 21.3. The molecule has 0 saturated carbocycles. The van der Waals surface area contributed by atoms with Crippen LogP contribution in [0.5, 0.6) is 0 Å². The second-order valence-corrected chi connectivity index (χ2v) is 34.9. The van der Waals surface area contributed by atoms with Gasteiger partial charge in [-0.05, 0) is 245 Å². The van der Waals surface area contributed by atoms with Gasteiger partial charge in [-0.25, -0.2) is 0 Å². The normalized spacial score (nSPS) is 12.5. The number of unbranched alkanes of at least 4 members (excludes halogenated alkanes) is 48. The molecule has 0 amide bonds. The van der Waals surface area contributed by atoms with Crippen LogP contribution in [0.4, 0.5) is 0 Å². The third kappa shape index (κ3) is 152. The molecule has 0 fully saturated rings. The smallest absolute Gasteiger partial charge is 1.00 e. The number of carboxylic acid groups (broad SMARTS) is 1. The van der Waals surface area contributed by atoms with Crippen molar-refractivity contribution in [2.45, 2.75) is 536 Å². The largest absolute Gasteiger partial charge is 1.00 e. The minimum absolute atomic E-state index is 0. The fourth-order valence-corrected chi connectivity index (χ4v) is 13.6. The molecule has 0 rings (SSSR count). The number of aliphatic hydroxyl groups excluding tert-OH is 4. The zero-order chi connectivity index (χ0) is 92.6. The topological polar surface area (TPSA) is 227 Å². The average Bonchev–Trinajstić information content (AvgIpc) is 0.978. The molecular weight excluding hydrogens is 1590 g/mol. The van der Waals surface area contributed by atoms with Gasteiger partial charge in [-0.3, -0.25) is 18.7 Å². The van der Waals surface area contributed by atoms with Gasteiger partial charge in [-0.2, -0.15) is 8.42 Å². The fraction of sp³-hybridized carbons (Fsp3) is 0.757. The summed E-state index contributed by atoms with van der Waals surface area (Å²) in [5, 5.41) is 46.8. The Morgan fingerprint density at radius 2 is 0.421 bits per heavy atom. The van der Waals surface area contributed by atoms with Crippen LogP contribution < -0.4 is 29.6 Å². The molecular formula is C111H205BNaO12S. The van der Waals surface area contributed by atoms with Crippen molar-refractivity contribution in [1.82, 2.24) is 0 Å². The number of ketones is 2. The van der Waals surface area contributed by atoms with E-state index in [1.54, 1.807) is 13.8 Å². The molecule has 0 aliphatic rings. The SMILES string of the molecule is CCCCC/C=C\C/C=C\CCCCCCCC(=O)C(O)CCCCCCC/C=C\C/C=C\CCCCC.CCCCC/C=C\C/C=C\CCCCCCCC(=O)O.CCCCC/C=C\C/C=C\CCCCCCCC(C)=O.CCCCC/C=C\C/C=C\CCCCCCCC(O)C(O)CCCCCCC/C=C\C/C=C\CCCCC.CCO.O=S(=O)(O)O.[B].[H-].[Na+]. The van der Waals surface area contributed by atoms with Gasteiger partial charge in [0.25, 0.3) is 0 Å². The minimum atomic E-state index is -4.67. The van der Waals surface area contributed by atoms with E-state index in [2.05, 4.69) is 187 Å². The molecule has 3 radical (unpaired) electrons. The van der Waals surface area contributed by atoms with Gasteiger partial charge in [-0.1, -0.05) is 399 Å². The fourth-order valence-electron chi connectivity index (χ4n) is 13.6. The summed E-state index contributed by atoms with van der Waals surface area (Å²) in [5.41, 5.74) is 0. The number of rotatable bonds is 86. The first-order valence-corrected chi connectivity index (χ1v) is 53.2. The van der Waals surface area contributed by atoms with Gasteiger partial charge in [-0.15, -0.1) is 0 Å². The van der Waals surface area contributed by atoms with Crippen molar-refractivity contribution in [1.29, 1.82) is 0 Å². The molecule has 0 aliphatic carbocycles. The zero-order valence-electron chi connectivity index (χ0n) is 84.9. The molecule has 0 aromatic heterocycles. The first kappa shape index (κ1) is 138. The zero-order valence-corrected chi connectivity index (χ0v) is 86.7. The molecule has 3 atom stereocenters. The van der Waals surface area contributed by atoms with Crippen molar-refractivity contribution in [3.63, 3.8) is 0 Å². The van der Waals surface area contributed by atoms with E-state index < -0.39 is 34.7 Å². The Morgan fingerprint density at radius 3 is 0.611 bits per heavy atom. The molecule has 3 unspecified atom stereocenters. The Hall–Kier alpha value is -3.54. The molecule has 0 aromatic rings. The Kier molecular flexibility index (Phi) is 140. The number of carboxylic acids is 1. The number of hydrogen-bond donors (Lipinski definition) is 7. The van der Waals surface area contributed by atoms with E-state index in [0.717, 1.165) is 141 Å². The molecule has 15 heteroatoms. The standard InChI is InChI=1S/C36H66O2.C36H64O2.C19H34O.C18H32O2.C2H6O.B.Na.H2O4S.H/c2*1-3-5-7-9-11-13-15-17-19-21-23-25-27-29-31-33-35(37)36(38)34-32-30-28-26-24-22-20-18-16-14-12-10-8-6-4-2;1-3-4-5-6-7-8-9-10-11-12-13-14-15-16-17-18-19(2)20;1-2-3-4-5-6-7-8-9-10-11-12-13-14-15-16-17-18(19)20;1-2-3;;;1-5(2,3)4;/h11-14,17-20,35-38H,3-10,15-16,21-34H2,1-2H3;11-14,17-20,35,37H,3-10,15-16,21-34H2,1-2H3;7-8,10-11H,3-6,9,12-18H2,1-2H3;6-7,9-10H,2-5,8,11-17H2,1H3,(H,19,20);3H,2H2,1H3;;;(H2,1,2,3,4);/q;;;;;;+1;;-1/b2*13-11-,14-12-,19-17-,20-18-;8-7-,11-10-;7-6-,10-9-;;;;;. The number of Topliss-reactive ketones (excluding diaryl/α,β-unsaturated/α-hetero) is 2. The Labute approximate surface area is 807 Å². The number of carbonyl (C=O) groups is 3.